The molecule has 0 aliphatic carbocycles. The summed E-state index contributed by atoms with van der Waals surface area (Å²) in [6, 6.07) is 8.78. The van der Waals surface area contributed by atoms with E-state index >= 15 is 0 Å². The summed E-state index contributed by atoms with van der Waals surface area (Å²) in [5.74, 6) is -0.725. The van der Waals surface area contributed by atoms with Crippen molar-refractivity contribution in [2.24, 2.45) is 0 Å². The van der Waals surface area contributed by atoms with Crippen LogP contribution < -0.4 is 11.5 Å². The number of rotatable bonds is 2. The number of anilines is 2. The highest BCUT2D eigenvalue weighted by atomic mass is 19.4. The molecule has 2 aromatic rings. The van der Waals surface area contributed by atoms with Crippen LogP contribution in [0.2, 0.25) is 0 Å². The van der Waals surface area contributed by atoms with Gasteiger partial charge in [-0.2, -0.15) is 13.2 Å². The Balaban J connectivity index is 2.52. The Labute approximate surface area is 113 Å². The van der Waals surface area contributed by atoms with Crippen molar-refractivity contribution in [2.75, 3.05) is 11.5 Å². The predicted octanol–water partition coefficient (Wildman–Crippen LogP) is 3.10. The molecule has 0 aliphatic rings. The molecule has 4 N–H and O–H groups in total. The number of benzene rings is 2. The summed E-state index contributed by atoms with van der Waals surface area (Å²) in [5, 5.41) is 0. The zero-order valence-corrected chi connectivity index (χ0v) is 10.2. The second kappa shape index (κ2) is 4.88. The highest BCUT2D eigenvalue weighted by molar-refractivity contribution is 6.10. The van der Waals surface area contributed by atoms with Gasteiger partial charge in [0.2, 0.25) is 0 Å². The van der Waals surface area contributed by atoms with Crippen molar-refractivity contribution >= 4 is 17.2 Å². The van der Waals surface area contributed by atoms with E-state index in [4.69, 9.17) is 11.5 Å². The van der Waals surface area contributed by atoms with Gasteiger partial charge >= 0.3 is 6.18 Å². The first-order chi connectivity index (χ1) is 9.29. The van der Waals surface area contributed by atoms with Gasteiger partial charge in [0.15, 0.2) is 5.78 Å². The van der Waals surface area contributed by atoms with Crippen LogP contribution >= 0.6 is 0 Å². The van der Waals surface area contributed by atoms with Crippen molar-refractivity contribution in [3.8, 4) is 0 Å². The van der Waals surface area contributed by atoms with E-state index in [1.165, 1.54) is 30.3 Å². The van der Waals surface area contributed by atoms with Gasteiger partial charge in [-0.25, -0.2) is 0 Å². The lowest BCUT2D eigenvalue weighted by molar-refractivity contribution is -0.137. The van der Waals surface area contributed by atoms with Gasteiger partial charge < -0.3 is 11.5 Å². The van der Waals surface area contributed by atoms with Crippen molar-refractivity contribution in [3.63, 3.8) is 0 Å². The molecular formula is C14H11F3N2O. The summed E-state index contributed by atoms with van der Waals surface area (Å²) in [5.41, 5.74) is 9.87. The maximum atomic E-state index is 12.9. The van der Waals surface area contributed by atoms with Gasteiger partial charge in [-0.15, -0.1) is 0 Å². The molecule has 0 spiro atoms. The van der Waals surface area contributed by atoms with Crippen LogP contribution in [0.25, 0.3) is 0 Å². The minimum Gasteiger partial charge on any atom is -0.399 e. The van der Waals surface area contributed by atoms with Crippen LogP contribution in [0.3, 0.4) is 0 Å². The molecule has 6 heteroatoms. The van der Waals surface area contributed by atoms with E-state index in [-0.39, 0.29) is 11.3 Å². The quantitative estimate of drug-likeness (QED) is 0.656. The van der Waals surface area contributed by atoms with Crippen LogP contribution in [0.5, 0.6) is 0 Å². The van der Waals surface area contributed by atoms with Gasteiger partial charge in [0.25, 0.3) is 0 Å². The molecule has 0 aromatic heterocycles. The average Bonchev–Trinajstić information content (AvgIpc) is 2.38. The molecule has 0 aliphatic heterocycles. The number of halogens is 3. The van der Waals surface area contributed by atoms with Gasteiger partial charge in [0, 0.05) is 22.5 Å². The highest BCUT2D eigenvalue weighted by Crippen LogP contribution is 2.34. The van der Waals surface area contributed by atoms with E-state index in [2.05, 4.69) is 0 Å². The topological polar surface area (TPSA) is 69.1 Å². The smallest absolute Gasteiger partial charge is 0.399 e. The third-order valence-electron chi connectivity index (χ3n) is 2.77. The number of nitrogens with two attached hydrogens (primary N) is 2. The van der Waals surface area contributed by atoms with Gasteiger partial charge in [0.05, 0.1) is 5.56 Å². The van der Waals surface area contributed by atoms with Gasteiger partial charge in [-0.3, -0.25) is 4.79 Å². The van der Waals surface area contributed by atoms with Crippen LogP contribution in [0.4, 0.5) is 24.5 Å². The lowest BCUT2D eigenvalue weighted by Gasteiger charge is -2.13. The standard InChI is InChI=1S/C14H11F3N2O/c15-14(16,17)12-7-10(19)5-6-11(12)13(20)8-1-3-9(18)4-2-8/h1-7H,18-19H2. The molecule has 0 bridgehead atoms. The molecule has 0 saturated heterocycles. The SMILES string of the molecule is Nc1ccc(C(=O)c2ccc(N)cc2C(F)(F)F)cc1. The molecule has 0 fully saturated rings. The van der Waals surface area contributed by atoms with Gasteiger partial charge in [-0.1, -0.05) is 0 Å². The number of carbonyl (C=O) groups is 1. The second-order valence-electron chi connectivity index (χ2n) is 4.25. The van der Waals surface area contributed by atoms with Crippen molar-refractivity contribution in [1.29, 1.82) is 0 Å². The average molecular weight is 280 g/mol. The van der Waals surface area contributed by atoms with E-state index in [0.717, 1.165) is 12.1 Å². The van der Waals surface area contributed by atoms with E-state index < -0.39 is 23.1 Å². The molecule has 2 rings (SSSR count). The number of hydrogen-bond donors (Lipinski definition) is 2. The molecule has 3 nitrogen and oxygen atoms in total. The summed E-state index contributed by atoms with van der Waals surface area (Å²) in [6.45, 7) is 0. The predicted molar refractivity (Wildman–Crippen MR) is 70.1 cm³/mol. The summed E-state index contributed by atoms with van der Waals surface area (Å²) in [4.78, 5) is 12.2. The van der Waals surface area contributed by atoms with Crippen molar-refractivity contribution in [2.45, 2.75) is 6.18 Å². The monoisotopic (exact) mass is 280 g/mol. The third kappa shape index (κ3) is 2.74. The molecule has 0 atom stereocenters. The van der Waals surface area contributed by atoms with Crippen LogP contribution in [0.15, 0.2) is 42.5 Å². The fourth-order valence-electron chi connectivity index (χ4n) is 1.78. The number of alkyl halides is 3. The zero-order chi connectivity index (χ0) is 14.9. The zero-order valence-electron chi connectivity index (χ0n) is 10.2. The molecule has 20 heavy (non-hydrogen) atoms. The molecule has 2 aromatic carbocycles. The lowest BCUT2D eigenvalue weighted by Crippen LogP contribution is -2.14. The van der Waals surface area contributed by atoms with Crippen LogP contribution in [0.1, 0.15) is 21.5 Å². The molecular weight excluding hydrogens is 269 g/mol. The summed E-state index contributed by atoms with van der Waals surface area (Å²) in [7, 11) is 0. The fourth-order valence-corrected chi connectivity index (χ4v) is 1.78. The first-order valence-corrected chi connectivity index (χ1v) is 5.66. The van der Waals surface area contributed by atoms with Crippen LogP contribution in [0, 0.1) is 0 Å². The number of carbonyl (C=O) groups excluding carboxylic acids is 1. The molecule has 0 amide bonds. The Morgan fingerprint density at radius 3 is 2.00 bits per heavy atom. The van der Waals surface area contributed by atoms with E-state index in [1.54, 1.807) is 0 Å². The van der Waals surface area contributed by atoms with E-state index in [1.807, 2.05) is 0 Å². The number of hydrogen-bond acceptors (Lipinski definition) is 3. The number of nitrogen functional groups attached to an aromatic ring is 2. The molecule has 0 heterocycles. The molecule has 0 saturated carbocycles. The van der Waals surface area contributed by atoms with Crippen LogP contribution in [-0.4, -0.2) is 5.78 Å². The first kappa shape index (κ1) is 13.9. The maximum absolute atomic E-state index is 12.9. The summed E-state index contributed by atoms with van der Waals surface area (Å²) < 4.78 is 38.8. The maximum Gasteiger partial charge on any atom is 0.417 e. The number of ketones is 1. The molecule has 0 unspecified atom stereocenters. The van der Waals surface area contributed by atoms with Crippen molar-refractivity contribution in [1.82, 2.24) is 0 Å². The van der Waals surface area contributed by atoms with Gasteiger partial charge in [0.1, 0.15) is 0 Å². The van der Waals surface area contributed by atoms with E-state index in [0.29, 0.717) is 5.69 Å². The molecule has 104 valence electrons. The Morgan fingerprint density at radius 1 is 0.900 bits per heavy atom. The normalized spacial score (nSPS) is 11.3. The minimum absolute atomic E-state index is 0.0498. The Kier molecular flexibility index (Phi) is 3.40. The van der Waals surface area contributed by atoms with Crippen LogP contribution in [-0.2, 0) is 6.18 Å². The summed E-state index contributed by atoms with van der Waals surface area (Å²) in [6.07, 6.45) is -4.64. The second-order valence-corrected chi connectivity index (χ2v) is 4.25. The third-order valence-corrected chi connectivity index (χ3v) is 2.77. The fraction of sp³-hybridized carbons (Fsp3) is 0.0714. The lowest BCUT2D eigenvalue weighted by atomic mass is 9.97. The van der Waals surface area contributed by atoms with Crippen molar-refractivity contribution in [3.05, 3.63) is 59.2 Å². The largest absolute Gasteiger partial charge is 0.417 e. The Bertz CT molecular complexity index is 648. The Hall–Kier alpha value is -2.50. The summed E-state index contributed by atoms with van der Waals surface area (Å²) >= 11 is 0. The Morgan fingerprint density at radius 2 is 1.45 bits per heavy atom. The minimum atomic E-state index is -4.64. The van der Waals surface area contributed by atoms with E-state index in [9.17, 15) is 18.0 Å². The van der Waals surface area contributed by atoms with Gasteiger partial charge in [-0.05, 0) is 42.5 Å². The van der Waals surface area contributed by atoms with Crippen molar-refractivity contribution < 1.29 is 18.0 Å². The highest BCUT2D eigenvalue weighted by Gasteiger charge is 2.35. The molecule has 0 radical (unpaired) electrons. The first-order valence-electron chi connectivity index (χ1n) is 5.66.